The Morgan fingerprint density at radius 1 is 1.62 bits per heavy atom. The number of ether oxygens (including phenoxy) is 1. The highest BCUT2D eigenvalue weighted by Crippen LogP contribution is 2.58. The quantitative estimate of drug-likeness (QED) is 0.832. The van der Waals surface area contributed by atoms with Crippen LogP contribution in [0.5, 0.6) is 0 Å². The number of nitrogens with one attached hydrogen (secondary N) is 1. The zero-order chi connectivity index (χ0) is 15.3. The third kappa shape index (κ3) is 1.92. The highest BCUT2D eigenvalue weighted by molar-refractivity contribution is 5.89. The van der Waals surface area contributed by atoms with E-state index in [4.69, 9.17) is 10.5 Å². The first-order valence-electron chi connectivity index (χ1n) is 7.54. The van der Waals surface area contributed by atoms with E-state index in [-0.39, 0.29) is 23.3 Å². The van der Waals surface area contributed by atoms with Gasteiger partial charge in [-0.2, -0.15) is 0 Å². The average Bonchev–Trinajstić information content (AvgIpc) is 3.06. The van der Waals surface area contributed by atoms with Crippen LogP contribution in [0.3, 0.4) is 0 Å². The molecule has 3 unspecified atom stereocenters. The number of nitrogens with two attached hydrogens (primary N) is 1. The number of hydrogen-bond acceptors (Lipinski definition) is 4. The lowest BCUT2D eigenvalue weighted by atomic mass is 9.48. The predicted molar refractivity (Wildman–Crippen MR) is 78.5 cm³/mol. The van der Waals surface area contributed by atoms with E-state index in [1.54, 1.807) is 6.20 Å². The molecule has 1 saturated heterocycles. The molecule has 1 aromatic rings. The molecule has 2 heterocycles. The van der Waals surface area contributed by atoms with Gasteiger partial charge < -0.3 is 20.4 Å². The minimum atomic E-state index is -0.824. The first-order chi connectivity index (χ1) is 9.89. The lowest BCUT2D eigenvalue weighted by Crippen LogP contribution is -2.80. The van der Waals surface area contributed by atoms with E-state index in [1.165, 1.54) is 0 Å². The van der Waals surface area contributed by atoms with Crippen molar-refractivity contribution in [2.75, 3.05) is 13.2 Å². The fraction of sp³-hybridized carbons (Fsp3) is 0.733. The van der Waals surface area contributed by atoms with Crippen LogP contribution in [0, 0.1) is 11.3 Å². The van der Waals surface area contributed by atoms with Gasteiger partial charge in [-0.05, 0) is 6.42 Å². The van der Waals surface area contributed by atoms with Crippen LogP contribution in [-0.4, -0.2) is 40.3 Å². The zero-order valence-corrected chi connectivity index (χ0v) is 12.9. The average molecular weight is 292 g/mol. The third-order valence-corrected chi connectivity index (χ3v) is 5.38. The number of carbonyl (C=O) groups is 1. The Hall–Kier alpha value is -1.40. The van der Waals surface area contributed by atoms with Crippen molar-refractivity contribution in [2.45, 2.75) is 38.3 Å². The second-order valence-corrected chi connectivity index (χ2v) is 6.74. The van der Waals surface area contributed by atoms with Gasteiger partial charge in [0.15, 0.2) is 0 Å². The van der Waals surface area contributed by atoms with E-state index in [9.17, 15) is 4.79 Å². The molecule has 3 atom stereocenters. The van der Waals surface area contributed by atoms with E-state index < -0.39 is 5.54 Å². The van der Waals surface area contributed by atoms with Gasteiger partial charge in [-0.25, -0.2) is 4.98 Å². The molecule has 1 aliphatic heterocycles. The summed E-state index contributed by atoms with van der Waals surface area (Å²) in [6.07, 6.45) is 5.35. The Morgan fingerprint density at radius 2 is 2.38 bits per heavy atom. The summed E-state index contributed by atoms with van der Waals surface area (Å²) in [5.74, 6) is 1.03. The van der Waals surface area contributed by atoms with Crippen molar-refractivity contribution >= 4 is 5.91 Å². The second-order valence-electron chi connectivity index (χ2n) is 6.74. The molecular formula is C15H24N4O2. The van der Waals surface area contributed by atoms with Gasteiger partial charge in [-0.15, -0.1) is 0 Å². The van der Waals surface area contributed by atoms with Crippen molar-refractivity contribution in [1.29, 1.82) is 0 Å². The number of imidazole rings is 1. The highest BCUT2D eigenvalue weighted by Gasteiger charge is 2.71. The molecule has 21 heavy (non-hydrogen) atoms. The van der Waals surface area contributed by atoms with E-state index >= 15 is 0 Å². The summed E-state index contributed by atoms with van der Waals surface area (Å²) >= 11 is 0. The Balaban J connectivity index is 1.61. The van der Waals surface area contributed by atoms with Crippen LogP contribution in [0.1, 0.15) is 26.1 Å². The maximum Gasteiger partial charge on any atom is 0.241 e. The lowest BCUT2D eigenvalue weighted by molar-refractivity contribution is -0.175. The standard InChI is InChI=1S/C15H24N4O2/c1-14(2)12-10(5-9-21-12)15(14,16)13(20)18-6-4-11-17-7-8-19(11)3/h7-8,10,12H,4-6,9,16H2,1-3H3,(H,18,20). The summed E-state index contributed by atoms with van der Waals surface area (Å²) < 4.78 is 7.68. The summed E-state index contributed by atoms with van der Waals surface area (Å²) in [4.78, 5) is 16.9. The third-order valence-electron chi connectivity index (χ3n) is 5.38. The van der Waals surface area contributed by atoms with Crippen molar-refractivity contribution in [3.8, 4) is 0 Å². The molecule has 3 rings (SSSR count). The molecule has 0 bridgehead atoms. The van der Waals surface area contributed by atoms with Crippen molar-refractivity contribution in [2.24, 2.45) is 24.1 Å². The summed E-state index contributed by atoms with van der Waals surface area (Å²) in [5, 5.41) is 2.99. The minimum Gasteiger partial charge on any atom is -0.377 e. The molecule has 6 nitrogen and oxygen atoms in total. The van der Waals surface area contributed by atoms with E-state index in [1.807, 2.05) is 31.7 Å². The van der Waals surface area contributed by atoms with Crippen LogP contribution in [0.25, 0.3) is 0 Å². The summed E-state index contributed by atoms with van der Waals surface area (Å²) in [6.45, 7) is 5.31. The molecule has 2 aliphatic rings. The summed E-state index contributed by atoms with van der Waals surface area (Å²) in [5.41, 5.74) is 5.34. The molecule has 116 valence electrons. The number of aryl methyl sites for hydroxylation is 1. The molecule has 6 heteroatoms. The van der Waals surface area contributed by atoms with Gasteiger partial charge in [0.1, 0.15) is 11.4 Å². The Kier molecular flexibility index (Phi) is 3.33. The van der Waals surface area contributed by atoms with Crippen LogP contribution in [0.4, 0.5) is 0 Å². The molecule has 3 N–H and O–H groups in total. The first kappa shape index (κ1) is 14.5. The van der Waals surface area contributed by atoms with Crippen LogP contribution in [-0.2, 0) is 23.0 Å². The number of aromatic nitrogens is 2. The number of fused-ring (bicyclic) bond motifs is 1. The molecule has 2 fully saturated rings. The molecule has 1 aromatic heterocycles. The smallest absolute Gasteiger partial charge is 0.241 e. The van der Waals surface area contributed by atoms with Gasteiger partial charge in [0.25, 0.3) is 0 Å². The molecule has 1 aliphatic carbocycles. The first-order valence-corrected chi connectivity index (χ1v) is 7.54. The van der Waals surface area contributed by atoms with Crippen molar-refractivity contribution in [3.63, 3.8) is 0 Å². The second kappa shape index (κ2) is 4.81. The van der Waals surface area contributed by atoms with E-state index in [0.717, 1.165) is 12.2 Å². The molecule has 0 spiro atoms. The molecule has 0 aromatic carbocycles. The van der Waals surface area contributed by atoms with Crippen LogP contribution in [0.15, 0.2) is 12.4 Å². The Morgan fingerprint density at radius 3 is 3.05 bits per heavy atom. The highest BCUT2D eigenvalue weighted by atomic mass is 16.5. The SMILES string of the molecule is Cn1ccnc1CCNC(=O)C1(N)C2CCOC2C1(C)C. The van der Waals surface area contributed by atoms with Gasteiger partial charge in [0.05, 0.1) is 6.10 Å². The fourth-order valence-electron chi connectivity index (χ4n) is 3.92. The van der Waals surface area contributed by atoms with Crippen LogP contribution in [0.2, 0.25) is 0 Å². The zero-order valence-electron chi connectivity index (χ0n) is 12.9. The van der Waals surface area contributed by atoms with Crippen LogP contribution < -0.4 is 11.1 Å². The van der Waals surface area contributed by atoms with Crippen molar-refractivity contribution in [3.05, 3.63) is 18.2 Å². The molecule has 1 saturated carbocycles. The largest absolute Gasteiger partial charge is 0.377 e. The van der Waals surface area contributed by atoms with E-state index in [0.29, 0.717) is 19.6 Å². The normalized spacial score (nSPS) is 33.3. The minimum absolute atomic E-state index is 0.0616. The Bertz CT molecular complexity index is 554. The van der Waals surface area contributed by atoms with Crippen molar-refractivity contribution in [1.82, 2.24) is 14.9 Å². The maximum absolute atomic E-state index is 12.6. The number of hydrogen-bond donors (Lipinski definition) is 2. The van der Waals surface area contributed by atoms with Crippen molar-refractivity contribution < 1.29 is 9.53 Å². The number of carbonyl (C=O) groups excluding carboxylic acids is 1. The molecule has 1 amide bonds. The Labute approximate surface area is 125 Å². The summed E-state index contributed by atoms with van der Waals surface area (Å²) in [6, 6.07) is 0. The monoisotopic (exact) mass is 292 g/mol. The number of nitrogens with zero attached hydrogens (tertiary/aromatic N) is 2. The van der Waals surface area contributed by atoms with E-state index in [2.05, 4.69) is 10.3 Å². The topological polar surface area (TPSA) is 82.2 Å². The van der Waals surface area contributed by atoms with Gasteiger partial charge in [-0.1, -0.05) is 13.8 Å². The predicted octanol–water partition coefficient (Wildman–Crippen LogP) is 0.221. The van der Waals surface area contributed by atoms with Gasteiger partial charge in [0.2, 0.25) is 5.91 Å². The lowest BCUT2D eigenvalue weighted by Gasteiger charge is -2.60. The number of rotatable bonds is 4. The number of amides is 1. The van der Waals surface area contributed by atoms with Crippen LogP contribution >= 0.6 is 0 Å². The molecule has 0 radical (unpaired) electrons. The molecular weight excluding hydrogens is 268 g/mol. The van der Waals surface area contributed by atoms with Gasteiger partial charge in [0, 0.05) is 50.3 Å². The van der Waals surface area contributed by atoms with Gasteiger partial charge in [-0.3, -0.25) is 4.79 Å². The fourth-order valence-corrected chi connectivity index (χ4v) is 3.92. The summed E-state index contributed by atoms with van der Waals surface area (Å²) in [7, 11) is 1.95. The maximum atomic E-state index is 12.6. The van der Waals surface area contributed by atoms with Gasteiger partial charge >= 0.3 is 0 Å².